The van der Waals surface area contributed by atoms with Crippen LogP contribution in [0.4, 0.5) is 4.39 Å². The molecule has 19 heavy (non-hydrogen) atoms. The first kappa shape index (κ1) is 14.0. The Hall–Kier alpha value is -1.43. The fraction of sp³-hybridized carbons (Fsp3) is 0.462. The highest BCUT2D eigenvalue weighted by molar-refractivity contribution is 8.00. The summed E-state index contributed by atoms with van der Waals surface area (Å²) < 4.78 is 29.2. The zero-order chi connectivity index (χ0) is 13.7. The molecule has 1 atom stereocenters. The van der Waals surface area contributed by atoms with Crippen LogP contribution in [0, 0.1) is 0 Å². The maximum Gasteiger partial charge on any atom is 0.351 e. The molecular weight excluding hydrogens is 271 g/mol. The van der Waals surface area contributed by atoms with Gasteiger partial charge in [0.25, 0.3) is 0 Å². The molecular formula is C13H15FO4S. The first-order valence-electron chi connectivity index (χ1n) is 6.07. The molecule has 0 radical (unpaired) electrons. The standard InChI is InChI=1S/C13H15FO4S/c1-2-16-13(15)12(14)19-9-4-5-10-11(8-9)18-7-3-6-17-10/h4-5,8,12H,2-3,6-7H2,1H3. The second-order valence-electron chi connectivity index (χ2n) is 3.84. The maximum atomic E-state index is 13.6. The van der Waals surface area contributed by atoms with Gasteiger partial charge in [-0.3, -0.25) is 0 Å². The number of hydrogen-bond acceptors (Lipinski definition) is 5. The van der Waals surface area contributed by atoms with Crippen molar-refractivity contribution in [1.82, 2.24) is 0 Å². The molecule has 0 aromatic heterocycles. The third-order valence-corrected chi connectivity index (χ3v) is 3.36. The predicted octanol–water partition coefficient (Wildman–Crippen LogP) is 2.80. The van der Waals surface area contributed by atoms with Gasteiger partial charge in [0.05, 0.1) is 19.8 Å². The highest BCUT2D eigenvalue weighted by atomic mass is 32.2. The van der Waals surface area contributed by atoms with E-state index >= 15 is 0 Å². The second-order valence-corrected chi connectivity index (χ2v) is 4.97. The van der Waals surface area contributed by atoms with Crippen LogP contribution in [-0.2, 0) is 9.53 Å². The second kappa shape index (κ2) is 6.65. The predicted molar refractivity (Wildman–Crippen MR) is 69.4 cm³/mol. The molecule has 4 nitrogen and oxygen atoms in total. The molecule has 2 rings (SSSR count). The quantitative estimate of drug-likeness (QED) is 0.629. The van der Waals surface area contributed by atoms with E-state index in [1.807, 2.05) is 0 Å². The van der Waals surface area contributed by atoms with Crippen LogP contribution in [0.15, 0.2) is 23.1 Å². The highest BCUT2D eigenvalue weighted by Crippen LogP contribution is 2.35. The van der Waals surface area contributed by atoms with E-state index in [9.17, 15) is 9.18 Å². The molecule has 1 unspecified atom stereocenters. The summed E-state index contributed by atoms with van der Waals surface area (Å²) in [6.07, 6.45) is 0.811. The average molecular weight is 286 g/mol. The normalized spacial score (nSPS) is 15.5. The Balaban J connectivity index is 2.05. The van der Waals surface area contributed by atoms with E-state index < -0.39 is 11.5 Å². The van der Waals surface area contributed by atoms with E-state index in [4.69, 9.17) is 9.47 Å². The van der Waals surface area contributed by atoms with Crippen LogP contribution in [0.25, 0.3) is 0 Å². The molecule has 0 amide bonds. The number of alkyl halides is 1. The lowest BCUT2D eigenvalue weighted by atomic mass is 10.3. The molecule has 1 heterocycles. The fourth-order valence-corrected chi connectivity index (χ4v) is 2.32. The van der Waals surface area contributed by atoms with Crippen LogP contribution in [0.3, 0.4) is 0 Å². The molecule has 104 valence electrons. The molecule has 0 aliphatic carbocycles. The Labute approximate surface area is 115 Å². The maximum absolute atomic E-state index is 13.6. The van der Waals surface area contributed by atoms with E-state index in [-0.39, 0.29) is 6.61 Å². The number of carbonyl (C=O) groups excluding carboxylic acids is 1. The van der Waals surface area contributed by atoms with Crippen LogP contribution in [0.2, 0.25) is 0 Å². The number of esters is 1. The van der Waals surface area contributed by atoms with E-state index in [2.05, 4.69) is 4.74 Å². The van der Waals surface area contributed by atoms with Crippen molar-refractivity contribution in [2.45, 2.75) is 23.7 Å². The average Bonchev–Trinajstić information content (AvgIpc) is 2.63. The largest absolute Gasteiger partial charge is 0.490 e. The Kier molecular flexibility index (Phi) is 4.90. The minimum Gasteiger partial charge on any atom is -0.490 e. The van der Waals surface area contributed by atoms with Crippen molar-refractivity contribution in [2.24, 2.45) is 0 Å². The molecule has 0 saturated carbocycles. The van der Waals surface area contributed by atoms with Gasteiger partial charge >= 0.3 is 5.97 Å². The Morgan fingerprint density at radius 1 is 1.42 bits per heavy atom. The summed E-state index contributed by atoms with van der Waals surface area (Å²) in [6, 6.07) is 5.10. The minimum absolute atomic E-state index is 0.168. The van der Waals surface area contributed by atoms with Gasteiger partial charge in [-0.05, 0) is 25.1 Å². The van der Waals surface area contributed by atoms with Crippen molar-refractivity contribution >= 4 is 17.7 Å². The summed E-state index contributed by atoms with van der Waals surface area (Å²) in [5, 5.41) is 0. The van der Waals surface area contributed by atoms with Crippen molar-refractivity contribution in [2.75, 3.05) is 19.8 Å². The first-order chi connectivity index (χ1) is 9.20. The molecule has 6 heteroatoms. The summed E-state index contributed by atoms with van der Waals surface area (Å²) >= 11 is 0.794. The molecule has 1 aliphatic heterocycles. The number of rotatable bonds is 4. The van der Waals surface area contributed by atoms with Crippen LogP contribution >= 0.6 is 11.8 Å². The molecule has 0 saturated heterocycles. The number of ether oxygens (including phenoxy) is 3. The topological polar surface area (TPSA) is 44.8 Å². The van der Waals surface area contributed by atoms with E-state index in [0.29, 0.717) is 29.6 Å². The fourth-order valence-electron chi connectivity index (χ4n) is 1.59. The van der Waals surface area contributed by atoms with Gasteiger partial charge in [0, 0.05) is 11.3 Å². The zero-order valence-corrected chi connectivity index (χ0v) is 11.4. The number of halogens is 1. The van der Waals surface area contributed by atoms with Crippen molar-refractivity contribution in [1.29, 1.82) is 0 Å². The molecule has 0 bridgehead atoms. The summed E-state index contributed by atoms with van der Waals surface area (Å²) in [5.41, 5.74) is -1.73. The van der Waals surface area contributed by atoms with Crippen molar-refractivity contribution in [3.05, 3.63) is 18.2 Å². The van der Waals surface area contributed by atoms with Crippen LogP contribution in [-0.4, -0.2) is 31.3 Å². The lowest BCUT2D eigenvalue weighted by molar-refractivity contribution is -0.145. The highest BCUT2D eigenvalue weighted by Gasteiger charge is 2.21. The molecule has 0 fully saturated rings. The van der Waals surface area contributed by atoms with Gasteiger partial charge in [0.2, 0.25) is 5.50 Å². The molecule has 0 spiro atoms. The number of carbonyl (C=O) groups is 1. The Morgan fingerprint density at radius 3 is 2.89 bits per heavy atom. The summed E-state index contributed by atoms with van der Waals surface area (Å²) in [7, 11) is 0. The van der Waals surface area contributed by atoms with Gasteiger partial charge in [0.1, 0.15) is 0 Å². The van der Waals surface area contributed by atoms with Crippen molar-refractivity contribution in [3.8, 4) is 11.5 Å². The van der Waals surface area contributed by atoms with Gasteiger partial charge in [-0.1, -0.05) is 11.8 Å². The molecule has 1 aromatic carbocycles. The summed E-state index contributed by atoms with van der Waals surface area (Å²) in [6.45, 7) is 2.98. The molecule has 1 aliphatic rings. The Morgan fingerprint density at radius 2 is 2.16 bits per heavy atom. The lowest BCUT2D eigenvalue weighted by Crippen LogP contribution is -2.15. The number of benzene rings is 1. The first-order valence-corrected chi connectivity index (χ1v) is 6.95. The Bertz CT molecular complexity index is 452. The van der Waals surface area contributed by atoms with Crippen LogP contribution < -0.4 is 9.47 Å². The van der Waals surface area contributed by atoms with Crippen LogP contribution in [0.1, 0.15) is 13.3 Å². The van der Waals surface area contributed by atoms with Crippen molar-refractivity contribution < 1.29 is 23.4 Å². The van der Waals surface area contributed by atoms with E-state index in [0.717, 1.165) is 18.2 Å². The van der Waals surface area contributed by atoms with E-state index in [1.54, 1.807) is 25.1 Å². The van der Waals surface area contributed by atoms with Gasteiger partial charge in [-0.25, -0.2) is 9.18 Å². The minimum atomic E-state index is -1.73. The van der Waals surface area contributed by atoms with Gasteiger partial charge in [0.15, 0.2) is 11.5 Å². The third kappa shape index (κ3) is 3.76. The SMILES string of the molecule is CCOC(=O)C(F)Sc1ccc2c(c1)OCCCO2. The van der Waals surface area contributed by atoms with Gasteiger partial charge < -0.3 is 14.2 Å². The number of thioether (sulfide) groups is 1. The van der Waals surface area contributed by atoms with Gasteiger partial charge in [-0.2, -0.15) is 0 Å². The number of hydrogen-bond donors (Lipinski definition) is 0. The smallest absolute Gasteiger partial charge is 0.351 e. The monoisotopic (exact) mass is 286 g/mol. The summed E-state index contributed by atoms with van der Waals surface area (Å²) in [4.78, 5) is 11.8. The molecule has 1 aromatic rings. The lowest BCUT2D eigenvalue weighted by Gasteiger charge is -2.10. The van der Waals surface area contributed by atoms with Crippen molar-refractivity contribution in [3.63, 3.8) is 0 Å². The van der Waals surface area contributed by atoms with E-state index in [1.165, 1.54) is 0 Å². The number of fused-ring (bicyclic) bond motifs is 1. The van der Waals surface area contributed by atoms with Crippen LogP contribution in [0.5, 0.6) is 11.5 Å². The van der Waals surface area contributed by atoms with Gasteiger partial charge in [-0.15, -0.1) is 0 Å². The summed E-state index contributed by atoms with van der Waals surface area (Å²) in [5.74, 6) is 0.367. The third-order valence-electron chi connectivity index (χ3n) is 2.43. The zero-order valence-electron chi connectivity index (χ0n) is 10.6. The molecule has 0 N–H and O–H groups in total.